The number of hydrogen-bond donors (Lipinski definition) is 2. The molecule has 0 aromatic carbocycles. The Morgan fingerprint density at radius 2 is 2.45 bits per heavy atom. The first-order chi connectivity index (χ1) is 5.15. The Balaban J connectivity index is 2.49. The van der Waals surface area contributed by atoms with Crippen molar-refractivity contribution in [2.45, 2.75) is 25.6 Å². The average Bonchev–Trinajstić information content (AvgIpc) is 2.31. The van der Waals surface area contributed by atoms with Gasteiger partial charge in [0.1, 0.15) is 0 Å². The van der Waals surface area contributed by atoms with Gasteiger partial charge in [0.2, 0.25) is 0 Å². The van der Waals surface area contributed by atoms with Crippen LogP contribution in [0.3, 0.4) is 0 Å². The van der Waals surface area contributed by atoms with E-state index in [1.807, 2.05) is 6.92 Å². The summed E-state index contributed by atoms with van der Waals surface area (Å²) in [5.41, 5.74) is 5.37. The van der Waals surface area contributed by atoms with E-state index in [-0.39, 0.29) is 12.0 Å². The minimum Gasteiger partial charge on any atom is -0.479 e. The van der Waals surface area contributed by atoms with Gasteiger partial charge >= 0.3 is 5.97 Å². The van der Waals surface area contributed by atoms with Gasteiger partial charge in [0, 0.05) is 6.54 Å². The number of rotatable bonds is 2. The van der Waals surface area contributed by atoms with Crippen LogP contribution in [-0.4, -0.2) is 29.8 Å². The second-order valence-electron chi connectivity index (χ2n) is 2.95. The van der Waals surface area contributed by atoms with Crippen molar-refractivity contribution in [1.82, 2.24) is 0 Å². The second kappa shape index (κ2) is 3.19. The lowest BCUT2D eigenvalue weighted by molar-refractivity contribution is -0.149. The third-order valence-corrected chi connectivity index (χ3v) is 2.07. The molecule has 0 aromatic rings. The van der Waals surface area contributed by atoms with E-state index in [0.717, 1.165) is 0 Å². The first-order valence-electron chi connectivity index (χ1n) is 3.73. The van der Waals surface area contributed by atoms with E-state index < -0.39 is 12.1 Å². The van der Waals surface area contributed by atoms with E-state index in [1.54, 1.807) is 0 Å². The molecular formula is C7H13NO3. The molecule has 1 heterocycles. The summed E-state index contributed by atoms with van der Waals surface area (Å²) >= 11 is 0. The van der Waals surface area contributed by atoms with Crippen LogP contribution in [0.2, 0.25) is 0 Å². The van der Waals surface area contributed by atoms with Crippen LogP contribution in [0.5, 0.6) is 0 Å². The molecule has 64 valence electrons. The van der Waals surface area contributed by atoms with Gasteiger partial charge in [-0.05, 0) is 12.3 Å². The molecule has 3 N–H and O–H groups in total. The molecule has 0 aliphatic carbocycles. The summed E-state index contributed by atoms with van der Waals surface area (Å²) in [4.78, 5) is 10.4. The highest BCUT2D eigenvalue weighted by Crippen LogP contribution is 2.25. The number of carboxylic acids is 1. The van der Waals surface area contributed by atoms with Crippen molar-refractivity contribution < 1.29 is 14.6 Å². The Morgan fingerprint density at radius 1 is 1.82 bits per heavy atom. The normalized spacial score (nSPS) is 37.5. The third-order valence-electron chi connectivity index (χ3n) is 2.07. The van der Waals surface area contributed by atoms with Gasteiger partial charge in [0.25, 0.3) is 0 Å². The summed E-state index contributed by atoms with van der Waals surface area (Å²) in [5.74, 6) is -0.617. The minimum atomic E-state index is -0.882. The van der Waals surface area contributed by atoms with Crippen LogP contribution < -0.4 is 5.73 Å². The fraction of sp³-hybridized carbons (Fsp3) is 0.857. The van der Waals surface area contributed by atoms with Gasteiger partial charge in [-0.15, -0.1) is 0 Å². The van der Waals surface area contributed by atoms with Crippen LogP contribution >= 0.6 is 0 Å². The SMILES string of the molecule is C[C@@H]1C[C@H](C(=O)O)O[C@H]1CN. The molecule has 1 aliphatic heterocycles. The van der Waals surface area contributed by atoms with Crippen LogP contribution in [0, 0.1) is 5.92 Å². The van der Waals surface area contributed by atoms with E-state index in [9.17, 15) is 4.79 Å². The van der Waals surface area contributed by atoms with Crippen molar-refractivity contribution in [3.63, 3.8) is 0 Å². The lowest BCUT2D eigenvalue weighted by Gasteiger charge is -2.10. The largest absolute Gasteiger partial charge is 0.479 e. The molecule has 1 rings (SSSR count). The summed E-state index contributed by atoms with van der Waals surface area (Å²) in [6.07, 6.45) is -0.133. The molecule has 0 radical (unpaired) electrons. The van der Waals surface area contributed by atoms with Crippen molar-refractivity contribution in [3.8, 4) is 0 Å². The Labute approximate surface area is 65.3 Å². The van der Waals surface area contributed by atoms with Crippen molar-refractivity contribution in [2.24, 2.45) is 11.7 Å². The average molecular weight is 159 g/mol. The molecule has 4 nitrogen and oxygen atoms in total. The Bertz CT molecular complexity index is 160. The molecule has 3 atom stereocenters. The fourth-order valence-corrected chi connectivity index (χ4v) is 1.34. The fourth-order valence-electron chi connectivity index (χ4n) is 1.34. The highest BCUT2D eigenvalue weighted by molar-refractivity contribution is 5.72. The molecule has 0 spiro atoms. The molecule has 0 aromatic heterocycles. The van der Waals surface area contributed by atoms with Gasteiger partial charge in [0.15, 0.2) is 6.10 Å². The maximum Gasteiger partial charge on any atom is 0.332 e. The molecule has 0 amide bonds. The van der Waals surface area contributed by atoms with Crippen molar-refractivity contribution in [3.05, 3.63) is 0 Å². The first-order valence-corrected chi connectivity index (χ1v) is 3.73. The second-order valence-corrected chi connectivity index (χ2v) is 2.95. The van der Waals surface area contributed by atoms with Crippen molar-refractivity contribution >= 4 is 5.97 Å². The topological polar surface area (TPSA) is 72.5 Å². The minimum absolute atomic E-state index is 0.0731. The number of carboxylic acid groups (broad SMARTS) is 1. The van der Waals surface area contributed by atoms with Crippen LogP contribution in [-0.2, 0) is 9.53 Å². The molecule has 4 heteroatoms. The maximum absolute atomic E-state index is 10.4. The molecule has 1 saturated heterocycles. The predicted molar refractivity (Wildman–Crippen MR) is 39.1 cm³/mol. The number of carbonyl (C=O) groups is 1. The van der Waals surface area contributed by atoms with Crippen LogP contribution in [0.1, 0.15) is 13.3 Å². The highest BCUT2D eigenvalue weighted by Gasteiger charge is 2.35. The molecule has 1 fully saturated rings. The summed E-state index contributed by atoms with van der Waals surface area (Å²) in [6, 6.07) is 0. The van der Waals surface area contributed by atoms with Gasteiger partial charge in [-0.1, -0.05) is 6.92 Å². The molecule has 0 saturated carbocycles. The monoisotopic (exact) mass is 159 g/mol. The van der Waals surface area contributed by atoms with E-state index in [4.69, 9.17) is 15.6 Å². The van der Waals surface area contributed by atoms with Gasteiger partial charge in [0.05, 0.1) is 6.10 Å². The Morgan fingerprint density at radius 3 is 2.73 bits per heavy atom. The quantitative estimate of drug-likeness (QED) is 0.586. The Hall–Kier alpha value is -0.610. The Kier molecular flexibility index (Phi) is 2.46. The van der Waals surface area contributed by atoms with Crippen molar-refractivity contribution in [2.75, 3.05) is 6.54 Å². The van der Waals surface area contributed by atoms with E-state index in [1.165, 1.54) is 0 Å². The van der Waals surface area contributed by atoms with Gasteiger partial charge in [-0.3, -0.25) is 0 Å². The lowest BCUT2D eigenvalue weighted by atomic mass is 10.0. The molecule has 0 unspecified atom stereocenters. The van der Waals surface area contributed by atoms with Gasteiger partial charge in [-0.2, -0.15) is 0 Å². The summed E-state index contributed by atoms with van der Waals surface area (Å²) in [6.45, 7) is 2.37. The number of ether oxygens (including phenoxy) is 1. The number of hydrogen-bond acceptors (Lipinski definition) is 3. The van der Waals surface area contributed by atoms with E-state index in [2.05, 4.69) is 0 Å². The van der Waals surface area contributed by atoms with Crippen LogP contribution in [0.25, 0.3) is 0 Å². The summed E-state index contributed by atoms with van der Waals surface area (Å²) < 4.78 is 5.16. The van der Waals surface area contributed by atoms with E-state index in [0.29, 0.717) is 13.0 Å². The lowest BCUT2D eigenvalue weighted by Crippen LogP contribution is -2.26. The van der Waals surface area contributed by atoms with E-state index >= 15 is 0 Å². The van der Waals surface area contributed by atoms with Crippen LogP contribution in [0.4, 0.5) is 0 Å². The zero-order valence-corrected chi connectivity index (χ0v) is 6.49. The zero-order chi connectivity index (χ0) is 8.43. The standard InChI is InChI=1S/C7H13NO3/c1-4-2-5(7(9)10)11-6(4)3-8/h4-6H,2-3,8H2,1H3,(H,9,10)/t4-,5-,6+/m1/s1. The smallest absolute Gasteiger partial charge is 0.332 e. The van der Waals surface area contributed by atoms with Gasteiger partial charge in [-0.25, -0.2) is 4.79 Å². The highest BCUT2D eigenvalue weighted by atomic mass is 16.5. The van der Waals surface area contributed by atoms with Crippen molar-refractivity contribution in [1.29, 1.82) is 0 Å². The zero-order valence-electron chi connectivity index (χ0n) is 6.49. The summed E-state index contributed by atoms with van der Waals surface area (Å²) in [5, 5.41) is 8.58. The third kappa shape index (κ3) is 1.70. The first kappa shape index (κ1) is 8.49. The molecular weight excluding hydrogens is 146 g/mol. The van der Waals surface area contributed by atoms with Crippen LogP contribution in [0.15, 0.2) is 0 Å². The number of nitrogens with two attached hydrogens (primary N) is 1. The maximum atomic E-state index is 10.4. The molecule has 0 bridgehead atoms. The van der Waals surface area contributed by atoms with Gasteiger partial charge < -0.3 is 15.6 Å². The molecule has 11 heavy (non-hydrogen) atoms. The number of aliphatic carboxylic acids is 1. The summed E-state index contributed by atoms with van der Waals surface area (Å²) in [7, 11) is 0. The predicted octanol–water partition coefficient (Wildman–Crippen LogP) is -0.177. The molecule has 1 aliphatic rings.